The van der Waals surface area contributed by atoms with E-state index in [9.17, 15) is 9.59 Å². The average molecular weight is 408 g/mol. The third-order valence-electron chi connectivity index (χ3n) is 3.21. The van der Waals surface area contributed by atoms with E-state index in [0.717, 1.165) is 25.5 Å². The third-order valence-corrected chi connectivity index (χ3v) is 4.77. The van der Waals surface area contributed by atoms with Gasteiger partial charge in [-0.3, -0.25) is 9.59 Å². The van der Waals surface area contributed by atoms with Crippen molar-refractivity contribution in [1.82, 2.24) is 5.43 Å². The number of nitrogens with one attached hydrogen (secondary N) is 2. The van der Waals surface area contributed by atoms with E-state index in [1.165, 1.54) is 11.3 Å². The summed E-state index contributed by atoms with van der Waals surface area (Å²) < 4.78 is 0.998. The quantitative estimate of drug-likeness (QED) is 0.561. The Morgan fingerprint density at radius 2 is 1.92 bits per heavy atom. The van der Waals surface area contributed by atoms with Crippen LogP contribution < -0.4 is 10.7 Å². The van der Waals surface area contributed by atoms with Crippen molar-refractivity contribution in [1.29, 1.82) is 0 Å². The van der Waals surface area contributed by atoms with Crippen LogP contribution in [0, 0.1) is 13.8 Å². The van der Waals surface area contributed by atoms with Crippen LogP contribution in [-0.4, -0.2) is 18.0 Å². The normalized spacial score (nSPS) is 10.8. The van der Waals surface area contributed by atoms with Crippen molar-refractivity contribution in [2.24, 2.45) is 5.10 Å². The molecule has 7 heteroatoms. The summed E-state index contributed by atoms with van der Waals surface area (Å²) in [5, 5.41) is 6.69. The molecule has 0 fully saturated rings. The third kappa shape index (κ3) is 5.90. The molecule has 2 rings (SSSR count). The lowest BCUT2D eigenvalue weighted by Crippen LogP contribution is -2.20. The van der Waals surface area contributed by atoms with Gasteiger partial charge in [0.25, 0.3) is 0 Å². The topological polar surface area (TPSA) is 70.6 Å². The Morgan fingerprint density at radius 1 is 1.17 bits per heavy atom. The van der Waals surface area contributed by atoms with Gasteiger partial charge >= 0.3 is 0 Å². The van der Waals surface area contributed by atoms with Gasteiger partial charge in [-0.25, -0.2) is 5.43 Å². The number of hydrazone groups is 1. The van der Waals surface area contributed by atoms with Crippen LogP contribution in [0.3, 0.4) is 0 Å². The fourth-order valence-corrected chi connectivity index (χ4v) is 3.31. The molecular weight excluding hydrogens is 390 g/mol. The van der Waals surface area contributed by atoms with Crippen LogP contribution in [0.2, 0.25) is 0 Å². The van der Waals surface area contributed by atoms with Gasteiger partial charge in [-0.2, -0.15) is 5.10 Å². The highest BCUT2D eigenvalue weighted by molar-refractivity contribution is 9.11. The van der Waals surface area contributed by atoms with E-state index in [2.05, 4.69) is 31.8 Å². The minimum absolute atomic E-state index is 0.0855. The molecule has 0 bridgehead atoms. The summed E-state index contributed by atoms with van der Waals surface area (Å²) in [6.45, 7) is 3.94. The molecule has 1 aromatic carbocycles. The summed E-state index contributed by atoms with van der Waals surface area (Å²) in [5.74, 6) is -0.485. The number of hydrogen-bond acceptors (Lipinski definition) is 4. The highest BCUT2D eigenvalue weighted by Gasteiger charge is 2.08. The van der Waals surface area contributed by atoms with Crippen LogP contribution in [0.25, 0.3) is 0 Å². The summed E-state index contributed by atoms with van der Waals surface area (Å²) in [4.78, 5) is 24.5. The number of carbonyl (C=O) groups excluding carboxylic acids is 2. The first kappa shape index (κ1) is 18.4. The summed E-state index contributed by atoms with van der Waals surface area (Å²) in [5.41, 5.74) is 5.33. The van der Waals surface area contributed by atoms with E-state index >= 15 is 0 Å². The number of rotatable bonds is 6. The van der Waals surface area contributed by atoms with Gasteiger partial charge in [0.05, 0.1) is 10.0 Å². The molecule has 2 amide bonds. The smallest absolute Gasteiger partial charge is 0.240 e. The minimum Gasteiger partial charge on any atom is -0.326 e. The summed E-state index contributed by atoms with van der Waals surface area (Å²) in [7, 11) is 0. The highest BCUT2D eigenvalue weighted by Crippen LogP contribution is 2.20. The molecule has 2 N–H and O–H groups in total. The van der Waals surface area contributed by atoms with Crippen molar-refractivity contribution in [3.05, 3.63) is 50.1 Å². The van der Waals surface area contributed by atoms with Crippen molar-refractivity contribution in [2.75, 3.05) is 5.32 Å². The summed E-state index contributed by atoms with van der Waals surface area (Å²) in [6.07, 6.45) is 1.77. The standard InChI is InChI=1S/C17H18BrN3O2S/c1-11-3-5-14(12(2)9-11)20-16(22)7-8-17(23)21-19-10-13-4-6-15(18)24-13/h3-6,9-10H,7-8H2,1-2H3,(H,20,22)(H,21,23)/b19-10-. The molecule has 1 heterocycles. The van der Waals surface area contributed by atoms with Crippen LogP contribution >= 0.6 is 27.3 Å². The number of nitrogens with zero attached hydrogens (tertiary/aromatic N) is 1. The number of amides is 2. The van der Waals surface area contributed by atoms with Gasteiger partial charge < -0.3 is 5.32 Å². The SMILES string of the molecule is Cc1ccc(NC(=O)CCC(=O)N/N=C\c2ccc(Br)s2)c(C)c1. The second kappa shape index (κ2) is 8.75. The molecule has 0 aliphatic carbocycles. The number of thiophene rings is 1. The lowest BCUT2D eigenvalue weighted by atomic mass is 10.1. The van der Waals surface area contributed by atoms with Crippen molar-refractivity contribution in [2.45, 2.75) is 26.7 Å². The first-order chi connectivity index (χ1) is 11.4. The van der Waals surface area contributed by atoms with E-state index in [0.29, 0.717) is 0 Å². The molecule has 0 radical (unpaired) electrons. The zero-order chi connectivity index (χ0) is 17.5. The average Bonchev–Trinajstić information content (AvgIpc) is 2.93. The van der Waals surface area contributed by atoms with Crippen LogP contribution in [0.4, 0.5) is 5.69 Å². The molecule has 0 atom stereocenters. The zero-order valence-electron chi connectivity index (χ0n) is 13.4. The van der Waals surface area contributed by atoms with Crippen molar-refractivity contribution in [3.8, 4) is 0 Å². The van der Waals surface area contributed by atoms with Crippen molar-refractivity contribution >= 4 is 51.0 Å². The zero-order valence-corrected chi connectivity index (χ0v) is 15.8. The fraction of sp³-hybridized carbons (Fsp3) is 0.235. The molecule has 2 aromatic rings. The summed E-state index contributed by atoms with van der Waals surface area (Å²) in [6, 6.07) is 9.60. The van der Waals surface area contributed by atoms with Crippen LogP contribution in [0.15, 0.2) is 39.2 Å². The largest absolute Gasteiger partial charge is 0.326 e. The van der Waals surface area contributed by atoms with Gasteiger partial charge in [0, 0.05) is 23.4 Å². The molecule has 0 saturated carbocycles. The number of hydrogen-bond donors (Lipinski definition) is 2. The van der Waals surface area contributed by atoms with Crippen molar-refractivity contribution < 1.29 is 9.59 Å². The number of aryl methyl sites for hydroxylation is 2. The van der Waals surface area contributed by atoms with E-state index in [1.54, 1.807) is 6.21 Å². The Labute approximate surface area is 153 Å². The molecular formula is C17H18BrN3O2S. The van der Waals surface area contributed by atoms with Crippen LogP contribution in [0.1, 0.15) is 28.8 Å². The Morgan fingerprint density at radius 3 is 2.58 bits per heavy atom. The van der Waals surface area contributed by atoms with Gasteiger partial charge in [-0.15, -0.1) is 11.3 Å². The maximum atomic E-state index is 11.9. The van der Waals surface area contributed by atoms with Crippen molar-refractivity contribution in [3.63, 3.8) is 0 Å². The van der Waals surface area contributed by atoms with Crippen LogP contribution in [-0.2, 0) is 9.59 Å². The number of carbonyl (C=O) groups is 2. The molecule has 0 aliphatic rings. The molecule has 1 aromatic heterocycles. The monoisotopic (exact) mass is 407 g/mol. The highest BCUT2D eigenvalue weighted by atomic mass is 79.9. The lowest BCUT2D eigenvalue weighted by molar-refractivity contribution is -0.124. The molecule has 0 saturated heterocycles. The molecule has 24 heavy (non-hydrogen) atoms. The predicted molar refractivity (Wildman–Crippen MR) is 102 cm³/mol. The van der Waals surface area contributed by atoms with Gasteiger partial charge in [-0.05, 0) is 53.5 Å². The maximum Gasteiger partial charge on any atom is 0.240 e. The molecule has 0 unspecified atom stereocenters. The fourth-order valence-electron chi connectivity index (χ4n) is 2.02. The molecule has 0 spiro atoms. The number of benzene rings is 1. The summed E-state index contributed by atoms with van der Waals surface area (Å²) >= 11 is 4.87. The van der Waals surface area contributed by atoms with Gasteiger partial charge in [-0.1, -0.05) is 17.7 Å². The van der Waals surface area contributed by atoms with Gasteiger partial charge in [0.2, 0.25) is 11.8 Å². The van der Waals surface area contributed by atoms with Gasteiger partial charge in [0.15, 0.2) is 0 Å². The molecule has 0 aliphatic heterocycles. The predicted octanol–water partition coefficient (Wildman–Crippen LogP) is 4.00. The van der Waals surface area contributed by atoms with E-state index in [4.69, 9.17) is 0 Å². The van der Waals surface area contributed by atoms with E-state index < -0.39 is 0 Å². The Hall–Kier alpha value is -1.99. The minimum atomic E-state index is -0.294. The number of anilines is 1. The molecule has 5 nitrogen and oxygen atoms in total. The Kier molecular flexibility index (Phi) is 6.69. The van der Waals surface area contributed by atoms with E-state index in [-0.39, 0.29) is 24.7 Å². The Balaban J connectivity index is 1.74. The van der Waals surface area contributed by atoms with E-state index in [1.807, 2.05) is 44.2 Å². The second-order valence-corrected chi connectivity index (χ2v) is 7.80. The van der Waals surface area contributed by atoms with Gasteiger partial charge in [0.1, 0.15) is 0 Å². The molecule has 126 valence electrons. The number of halogens is 1. The Bertz CT molecular complexity index is 771. The van der Waals surface area contributed by atoms with Crippen LogP contribution in [0.5, 0.6) is 0 Å². The maximum absolute atomic E-state index is 11.9. The first-order valence-electron chi connectivity index (χ1n) is 7.38. The first-order valence-corrected chi connectivity index (χ1v) is 8.99. The second-order valence-electron chi connectivity index (χ2n) is 5.30. The lowest BCUT2D eigenvalue weighted by Gasteiger charge is -2.08.